The Morgan fingerprint density at radius 3 is 2.94 bits per heavy atom. The van der Waals surface area contributed by atoms with Gasteiger partial charge >= 0.3 is 11.2 Å². The SMILES string of the molecule is c1cc2oncc2[n+](-[n+]2cccc3cc[nH]c32)c1. The van der Waals surface area contributed by atoms with Gasteiger partial charge in [0.05, 0.1) is 11.6 Å². The molecule has 0 aliphatic rings. The lowest BCUT2D eigenvalue weighted by Gasteiger charge is -1.94. The third kappa shape index (κ3) is 1.18. The Balaban J connectivity index is 2.13. The molecule has 0 aliphatic heterocycles. The van der Waals surface area contributed by atoms with Crippen LogP contribution in [0.15, 0.2) is 59.6 Å². The van der Waals surface area contributed by atoms with Crippen molar-refractivity contribution in [1.29, 1.82) is 0 Å². The molecule has 4 heterocycles. The molecule has 0 bridgehead atoms. The number of fused-ring (bicyclic) bond motifs is 2. The number of hydrogen-bond acceptors (Lipinski definition) is 2. The molecular formula is C13H10N4O+2. The van der Waals surface area contributed by atoms with Crippen LogP contribution in [0.2, 0.25) is 0 Å². The highest BCUT2D eigenvalue weighted by molar-refractivity contribution is 5.71. The quantitative estimate of drug-likeness (QED) is 0.506. The number of nitrogens with zero attached hydrogens (tertiary/aromatic N) is 3. The maximum absolute atomic E-state index is 5.18. The maximum atomic E-state index is 5.18. The van der Waals surface area contributed by atoms with Crippen molar-refractivity contribution in [3.63, 3.8) is 0 Å². The van der Waals surface area contributed by atoms with Crippen molar-refractivity contribution in [3.8, 4) is 0 Å². The molecule has 5 heteroatoms. The average Bonchev–Trinajstić information content (AvgIpc) is 3.06. The molecule has 0 aliphatic carbocycles. The molecule has 4 aromatic heterocycles. The lowest BCUT2D eigenvalue weighted by Crippen LogP contribution is -2.66. The minimum Gasteiger partial charge on any atom is -0.349 e. The van der Waals surface area contributed by atoms with Crippen LogP contribution < -0.4 is 9.35 Å². The standard InChI is InChI=1S/C13H10N4O/c1-3-10-5-6-14-13(10)17(8-1)16-7-2-4-12-11(16)9-15-18-12/h1-9,14H/q+2. The minimum atomic E-state index is 0.758. The van der Waals surface area contributed by atoms with Crippen LogP contribution in [0.1, 0.15) is 0 Å². The highest BCUT2D eigenvalue weighted by Gasteiger charge is 2.21. The van der Waals surface area contributed by atoms with Crippen molar-refractivity contribution in [2.45, 2.75) is 0 Å². The highest BCUT2D eigenvalue weighted by atomic mass is 16.5. The summed E-state index contributed by atoms with van der Waals surface area (Å²) in [4.78, 5) is 3.23. The van der Waals surface area contributed by atoms with E-state index in [-0.39, 0.29) is 0 Å². The van der Waals surface area contributed by atoms with Crippen LogP contribution in [-0.4, -0.2) is 10.1 Å². The number of aromatic nitrogens is 4. The molecule has 0 saturated carbocycles. The zero-order valence-electron chi connectivity index (χ0n) is 9.45. The lowest BCUT2D eigenvalue weighted by molar-refractivity contribution is -1.27. The van der Waals surface area contributed by atoms with Crippen molar-refractivity contribution >= 4 is 22.1 Å². The van der Waals surface area contributed by atoms with Gasteiger partial charge in [0, 0.05) is 15.4 Å². The molecule has 86 valence electrons. The molecule has 0 unspecified atom stereocenters. The number of aromatic amines is 1. The summed E-state index contributed by atoms with van der Waals surface area (Å²) in [5, 5.41) is 4.99. The molecular weight excluding hydrogens is 228 g/mol. The third-order valence-electron chi connectivity index (χ3n) is 3.02. The Morgan fingerprint density at radius 2 is 1.94 bits per heavy atom. The highest BCUT2D eigenvalue weighted by Crippen LogP contribution is 2.08. The van der Waals surface area contributed by atoms with Gasteiger partial charge in [-0.2, -0.15) is 0 Å². The predicted octanol–water partition coefficient (Wildman–Crippen LogP) is 1.20. The lowest BCUT2D eigenvalue weighted by atomic mass is 10.3. The van der Waals surface area contributed by atoms with E-state index >= 15 is 0 Å². The van der Waals surface area contributed by atoms with E-state index in [0.29, 0.717) is 0 Å². The van der Waals surface area contributed by atoms with Crippen LogP contribution in [0.3, 0.4) is 0 Å². The average molecular weight is 238 g/mol. The number of H-pyrrole nitrogens is 1. The number of pyridine rings is 2. The Bertz CT molecular complexity index is 774. The largest absolute Gasteiger partial charge is 0.349 e. The molecule has 0 spiro atoms. The first-order valence-corrected chi connectivity index (χ1v) is 5.67. The zero-order valence-corrected chi connectivity index (χ0v) is 9.45. The van der Waals surface area contributed by atoms with E-state index in [1.165, 1.54) is 0 Å². The second-order valence-corrected chi connectivity index (χ2v) is 4.06. The van der Waals surface area contributed by atoms with Gasteiger partial charge in [-0.05, 0) is 24.3 Å². The Labute approximate surface area is 102 Å². The van der Waals surface area contributed by atoms with E-state index in [0.717, 1.165) is 22.1 Å². The molecule has 0 fully saturated rings. The molecule has 0 amide bonds. The van der Waals surface area contributed by atoms with Gasteiger partial charge in [-0.15, -0.1) is 0 Å². The summed E-state index contributed by atoms with van der Waals surface area (Å²) in [5.41, 5.74) is 2.70. The fraction of sp³-hybridized carbons (Fsp3) is 0. The first-order chi connectivity index (χ1) is 8.93. The molecule has 18 heavy (non-hydrogen) atoms. The fourth-order valence-corrected chi connectivity index (χ4v) is 2.20. The molecule has 5 nitrogen and oxygen atoms in total. The van der Waals surface area contributed by atoms with E-state index in [1.54, 1.807) is 6.20 Å². The van der Waals surface area contributed by atoms with Crippen LogP contribution in [0, 0.1) is 0 Å². The van der Waals surface area contributed by atoms with Gasteiger partial charge in [-0.3, -0.25) is 0 Å². The number of rotatable bonds is 1. The van der Waals surface area contributed by atoms with Crippen LogP contribution in [0.25, 0.3) is 22.1 Å². The first-order valence-electron chi connectivity index (χ1n) is 5.67. The molecule has 1 N–H and O–H groups in total. The van der Waals surface area contributed by atoms with E-state index in [1.807, 2.05) is 52.2 Å². The van der Waals surface area contributed by atoms with E-state index < -0.39 is 0 Å². The van der Waals surface area contributed by atoms with Gasteiger partial charge in [0.15, 0.2) is 6.20 Å². The van der Waals surface area contributed by atoms with Gasteiger partial charge in [0.2, 0.25) is 11.8 Å². The molecule has 0 radical (unpaired) electrons. The molecule has 4 rings (SSSR count). The number of nitrogens with one attached hydrogen (secondary N) is 1. The molecule has 0 aromatic carbocycles. The van der Waals surface area contributed by atoms with Crippen LogP contribution in [0.4, 0.5) is 0 Å². The third-order valence-corrected chi connectivity index (χ3v) is 3.02. The summed E-state index contributed by atoms with van der Waals surface area (Å²) >= 11 is 0. The maximum Gasteiger partial charge on any atom is 0.348 e. The van der Waals surface area contributed by atoms with Gasteiger partial charge in [0.1, 0.15) is 6.20 Å². The molecule has 0 atom stereocenters. The first kappa shape index (κ1) is 9.35. The van der Waals surface area contributed by atoms with Crippen molar-refractivity contribution < 1.29 is 13.9 Å². The van der Waals surface area contributed by atoms with Crippen molar-refractivity contribution in [2.24, 2.45) is 0 Å². The summed E-state index contributed by atoms with van der Waals surface area (Å²) < 4.78 is 9.19. The Kier molecular flexibility index (Phi) is 1.77. The van der Waals surface area contributed by atoms with Crippen molar-refractivity contribution in [3.05, 3.63) is 55.1 Å². The van der Waals surface area contributed by atoms with Crippen molar-refractivity contribution in [1.82, 2.24) is 10.1 Å². The molecule has 4 aromatic rings. The Morgan fingerprint density at radius 1 is 1.06 bits per heavy atom. The fourth-order valence-electron chi connectivity index (χ4n) is 2.20. The van der Waals surface area contributed by atoms with Crippen molar-refractivity contribution in [2.75, 3.05) is 0 Å². The normalized spacial score (nSPS) is 11.3. The second kappa shape index (κ2) is 3.40. The second-order valence-electron chi connectivity index (χ2n) is 4.06. The van der Waals surface area contributed by atoms with E-state index in [9.17, 15) is 0 Å². The number of hydrogen-bond donors (Lipinski definition) is 1. The summed E-state index contributed by atoms with van der Waals surface area (Å²) in [7, 11) is 0. The van der Waals surface area contributed by atoms with Gasteiger partial charge in [0.25, 0.3) is 0 Å². The topological polar surface area (TPSA) is 49.6 Å². The zero-order chi connectivity index (χ0) is 11.9. The summed E-state index contributed by atoms with van der Waals surface area (Å²) in [6.07, 6.45) is 7.60. The summed E-state index contributed by atoms with van der Waals surface area (Å²) in [5.74, 6) is 0. The summed E-state index contributed by atoms with van der Waals surface area (Å²) in [6, 6.07) is 9.95. The smallest absolute Gasteiger partial charge is 0.348 e. The van der Waals surface area contributed by atoms with E-state index in [4.69, 9.17) is 4.52 Å². The predicted molar refractivity (Wildman–Crippen MR) is 63.5 cm³/mol. The van der Waals surface area contributed by atoms with Crippen LogP contribution >= 0.6 is 0 Å². The Hall–Kier alpha value is -2.69. The van der Waals surface area contributed by atoms with Gasteiger partial charge < -0.3 is 4.52 Å². The van der Waals surface area contributed by atoms with Crippen LogP contribution in [0.5, 0.6) is 0 Å². The van der Waals surface area contributed by atoms with Gasteiger partial charge in [-0.25, -0.2) is 4.98 Å². The molecule has 0 saturated heterocycles. The minimum absolute atomic E-state index is 0.758. The summed E-state index contributed by atoms with van der Waals surface area (Å²) in [6.45, 7) is 0. The monoisotopic (exact) mass is 238 g/mol. The van der Waals surface area contributed by atoms with Gasteiger partial charge in [-0.1, -0.05) is 5.16 Å². The van der Waals surface area contributed by atoms with E-state index in [2.05, 4.69) is 16.2 Å². The van der Waals surface area contributed by atoms with Crippen LogP contribution in [-0.2, 0) is 0 Å².